The number of nitrogens with one attached hydrogen (secondary N) is 1. The van der Waals surface area contributed by atoms with Crippen molar-refractivity contribution in [3.05, 3.63) is 0 Å². The molecule has 2 fully saturated rings. The molecule has 0 radical (unpaired) electrons. The number of rotatable bonds is 4. The molecule has 0 saturated carbocycles. The highest BCUT2D eigenvalue weighted by Crippen LogP contribution is 2.20. The van der Waals surface area contributed by atoms with Crippen molar-refractivity contribution in [3.8, 4) is 0 Å². The molecule has 1 atom stereocenters. The Morgan fingerprint density at radius 1 is 1.33 bits per heavy atom. The molecule has 10 heteroatoms. The number of amides is 1. The molecule has 0 aromatic heterocycles. The van der Waals surface area contributed by atoms with Crippen LogP contribution in [0.5, 0.6) is 0 Å². The number of nitrogens with zero attached hydrogens (tertiary/aromatic N) is 2. The van der Waals surface area contributed by atoms with Gasteiger partial charge in [-0.3, -0.25) is 4.99 Å². The number of halogens is 1. The molecule has 3 N–H and O–H groups in total. The van der Waals surface area contributed by atoms with E-state index in [9.17, 15) is 13.2 Å². The molecule has 2 rings (SSSR count). The van der Waals surface area contributed by atoms with Crippen molar-refractivity contribution in [3.63, 3.8) is 0 Å². The van der Waals surface area contributed by atoms with Crippen LogP contribution in [0.1, 0.15) is 32.6 Å². The molecule has 2 heterocycles. The van der Waals surface area contributed by atoms with Gasteiger partial charge in [0.15, 0.2) is 15.8 Å². The Morgan fingerprint density at radius 3 is 2.54 bits per heavy atom. The van der Waals surface area contributed by atoms with Crippen LogP contribution in [0.15, 0.2) is 4.99 Å². The van der Waals surface area contributed by atoms with E-state index in [2.05, 4.69) is 10.3 Å². The van der Waals surface area contributed by atoms with Gasteiger partial charge in [-0.05, 0) is 32.6 Å². The van der Waals surface area contributed by atoms with Gasteiger partial charge in [0.25, 0.3) is 0 Å². The van der Waals surface area contributed by atoms with Crippen LogP contribution >= 0.6 is 24.0 Å². The standard InChI is InChI=1S/C14H26N4O4S.HI/c1-2-22-14(19)18-7-5-11(6-8-18)17-13(15)16-10-12-4-3-9-23(12,20)21;/h11-12H,2-10H2,1H3,(H3,15,16,17);1H. The van der Waals surface area contributed by atoms with Crippen LogP contribution in [-0.2, 0) is 14.6 Å². The van der Waals surface area contributed by atoms with Crippen LogP contribution in [0, 0.1) is 0 Å². The summed E-state index contributed by atoms with van der Waals surface area (Å²) in [5, 5.41) is 2.72. The van der Waals surface area contributed by atoms with Crippen LogP contribution < -0.4 is 11.1 Å². The van der Waals surface area contributed by atoms with Gasteiger partial charge in [-0.25, -0.2) is 13.2 Å². The number of carbonyl (C=O) groups excluding carboxylic acids is 1. The lowest BCUT2D eigenvalue weighted by atomic mass is 10.1. The second kappa shape index (κ2) is 9.64. The number of sulfone groups is 1. The van der Waals surface area contributed by atoms with E-state index >= 15 is 0 Å². The monoisotopic (exact) mass is 474 g/mol. The number of aliphatic imine (C=N–C) groups is 1. The number of nitrogens with two attached hydrogens (primary N) is 1. The molecule has 1 amide bonds. The average Bonchev–Trinajstić information content (AvgIpc) is 2.85. The van der Waals surface area contributed by atoms with Crippen molar-refractivity contribution in [2.75, 3.05) is 32.0 Å². The Balaban J connectivity index is 0.00000288. The molecule has 0 spiro atoms. The van der Waals surface area contributed by atoms with E-state index in [0.29, 0.717) is 32.5 Å². The normalized spacial score (nSPS) is 24.3. The molecule has 8 nitrogen and oxygen atoms in total. The molecular weight excluding hydrogens is 447 g/mol. The van der Waals surface area contributed by atoms with Crippen molar-refractivity contribution >= 4 is 45.9 Å². The largest absolute Gasteiger partial charge is 0.450 e. The first kappa shape index (κ1) is 21.3. The number of hydrogen-bond donors (Lipinski definition) is 2. The van der Waals surface area contributed by atoms with Gasteiger partial charge in [0.05, 0.1) is 24.2 Å². The molecule has 24 heavy (non-hydrogen) atoms. The van der Waals surface area contributed by atoms with Crippen LogP contribution in [0.25, 0.3) is 0 Å². The van der Waals surface area contributed by atoms with E-state index in [1.165, 1.54) is 0 Å². The summed E-state index contributed by atoms with van der Waals surface area (Å²) in [6, 6.07) is 0.143. The smallest absolute Gasteiger partial charge is 0.409 e. The summed E-state index contributed by atoms with van der Waals surface area (Å²) >= 11 is 0. The Hall–Kier alpha value is -0.780. The van der Waals surface area contributed by atoms with Gasteiger partial charge in [-0.2, -0.15) is 0 Å². The average molecular weight is 474 g/mol. The van der Waals surface area contributed by atoms with Gasteiger partial charge in [-0.1, -0.05) is 0 Å². The Bertz CT molecular complexity index is 547. The van der Waals surface area contributed by atoms with E-state index in [1.54, 1.807) is 11.8 Å². The maximum absolute atomic E-state index is 11.7. The maximum atomic E-state index is 11.7. The van der Waals surface area contributed by atoms with Gasteiger partial charge in [0, 0.05) is 19.1 Å². The second-order valence-corrected chi connectivity index (χ2v) is 8.36. The van der Waals surface area contributed by atoms with E-state index < -0.39 is 15.1 Å². The summed E-state index contributed by atoms with van der Waals surface area (Å²) in [5.41, 5.74) is 5.85. The summed E-state index contributed by atoms with van der Waals surface area (Å²) in [6.45, 7) is 3.61. The number of guanidine groups is 1. The highest BCUT2D eigenvalue weighted by molar-refractivity contribution is 14.0. The second-order valence-electron chi connectivity index (χ2n) is 5.96. The summed E-state index contributed by atoms with van der Waals surface area (Å²) < 4.78 is 28.4. The molecule has 0 aliphatic carbocycles. The van der Waals surface area contributed by atoms with Crippen molar-refractivity contribution in [2.24, 2.45) is 10.7 Å². The number of piperidine rings is 1. The topological polar surface area (TPSA) is 114 Å². The fourth-order valence-electron chi connectivity index (χ4n) is 2.94. The minimum atomic E-state index is -2.99. The predicted octanol–water partition coefficient (Wildman–Crippen LogP) is 0.707. The van der Waals surface area contributed by atoms with Gasteiger partial charge >= 0.3 is 6.09 Å². The quantitative estimate of drug-likeness (QED) is 0.353. The maximum Gasteiger partial charge on any atom is 0.409 e. The Morgan fingerprint density at radius 2 is 2.00 bits per heavy atom. The fraction of sp³-hybridized carbons (Fsp3) is 0.857. The lowest BCUT2D eigenvalue weighted by Gasteiger charge is -2.31. The third kappa shape index (κ3) is 5.94. The third-order valence-corrected chi connectivity index (χ3v) is 6.56. The van der Waals surface area contributed by atoms with E-state index in [0.717, 1.165) is 12.8 Å². The Labute approximate surface area is 160 Å². The number of carbonyl (C=O) groups is 1. The zero-order chi connectivity index (χ0) is 16.9. The van der Waals surface area contributed by atoms with Crippen molar-refractivity contribution in [1.82, 2.24) is 10.2 Å². The first-order valence-electron chi connectivity index (χ1n) is 8.12. The molecule has 1 unspecified atom stereocenters. The molecule has 0 bridgehead atoms. The Kier molecular flexibility index (Phi) is 8.54. The van der Waals surface area contributed by atoms with E-state index in [-0.39, 0.29) is 54.4 Å². The summed E-state index contributed by atoms with van der Waals surface area (Å²) in [6.07, 6.45) is 2.62. The van der Waals surface area contributed by atoms with Gasteiger partial charge in [0.2, 0.25) is 0 Å². The number of ether oxygens (including phenoxy) is 1. The van der Waals surface area contributed by atoms with Crippen LogP contribution in [-0.4, -0.2) is 68.7 Å². The number of hydrogen-bond acceptors (Lipinski definition) is 5. The molecule has 0 aromatic rings. The van der Waals surface area contributed by atoms with Crippen molar-refractivity contribution < 1.29 is 17.9 Å². The molecular formula is C14H27IN4O4S. The van der Waals surface area contributed by atoms with Crippen LogP contribution in [0.3, 0.4) is 0 Å². The SMILES string of the molecule is CCOC(=O)N1CCC(NC(N)=NCC2CCCS2(=O)=O)CC1.I. The molecule has 140 valence electrons. The minimum Gasteiger partial charge on any atom is -0.450 e. The predicted molar refractivity (Wildman–Crippen MR) is 103 cm³/mol. The fourth-order valence-corrected chi connectivity index (χ4v) is 4.67. The molecule has 2 saturated heterocycles. The lowest BCUT2D eigenvalue weighted by Crippen LogP contribution is -2.48. The number of likely N-dealkylation sites (tertiary alicyclic amines) is 1. The first-order valence-corrected chi connectivity index (χ1v) is 9.83. The van der Waals surface area contributed by atoms with Crippen LogP contribution in [0.4, 0.5) is 4.79 Å². The first-order chi connectivity index (χ1) is 10.9. The lowest BCUT2D eigenvalue weighted by molar-refractivity contribution is 0.0963. The van der Waals surface area contributed by atoms with E-state index in [1.807, 2.05) is 0 Å². The summed E-state index contributed by atoms with van der Waals surface area (Å²) in [7, 11) is -2.99. The van der Waals surface area contributed by atoms with E-state index in [4.69, 9.17) is 10.5 Å². The van der Waals surface area contributed by atoms with Gasteiger partial charge in [-0.15, -0.1) is 24.0 Å². The minimum absolute atomic E-state index is 0. The zero-order valence-electron chi connectivity index (χ0n) is 13.9. The molecule has 2 aliphatic rings. The van der Waals surface area contributed by atoms with Crippen molar-refractivity contribution in [1.29, 1.82) is 0 Å². The zero-order valence-corrected chi connectivity index (χ0v) is 17.1. The third-order valence-electron chi connectivity index (χ3n) is 4.30. The van der Waals surface area contributed by atoms with Gasteiger partial charge in [0.1, 0.15) is 0 Å². The van der Waals surface area contributed by atoms with Crippen LogP contribution in [0.2, 0.25) is 0 Å². The van der Waals surface area contributed by atoms with Crippen molar-refractivity contribution in [2.45, 2.75) is 43.9 Å². The molecule has 2 aliphatic heterocycles. The highest BCUT2D eigenvalue weighted by Gasteiger charge is 2.31. The summed E-state index contributed by atoms with van der Waals surface area (Å²) in [4.78, 5) is 17.5. The highest BCUT2D eigenvalue weighted by atomic mass is 127. The summed E-state index contributed by atoms with van der Waals surface area (Å²) in [5.74, 6) is 0.536. The van der Waals surface area contributed by atoms with Gasteiger partial charge < -0.3 is 20.7 Å². The molecule has 0 aromatic carbocycles.